The van der Waals surface area contributed by atoms with E-state index < -0.39 is 0 Å². The number of aromatic nitrogens is 1. The van der Waals surface area contributed by atoms with Gasteiger partial charge in [0, 0.05) is 36.9 Å². The second-order valence-corrected chi connectivity index (χ2v) is 6.67. The van der Waals surface area contributed by atoms with Crippen LogP contribution in [0.15, 0.2) is 18.5 Å². The Bertz CT molecular complexity index is 559. The summed E-state index contributed by atoms with van der Waals surface area (Å²) in [5.41, 5.74) is 0. The molecule has 4 heteroatoms. The number of nitrogens with zero attached hydrogens (tertiary/aromatic N) is 2. The topological polar surface area (TPSA) is 25.2 Å². The van der Waals surface area contributed by atoms with Gasteiger partial charge in [0.05, 0.1) is 9.58 Å². The number of likely N-dealkylation sites (tertiary alicyclic amines) is 1. The number of carbonyl (C=O) groups is 1. The van der Waals surface area contributed by atoms with E-state index in [-0.39, 0.29) is 5.91 Å². The van der Waals surface area contributed by atoms with Crippen LogP contribution < -0.4 is 0 Å². The Hall–Kier alpha value is -1.29. The second-order valence-electron chi connectivity index (χ2n) is 5.58. The highest BCUT2D eigenvalue weighted by molar-refractivity contribution is 7.20. The summed E-state index contributed by atoms with van der Waals surface area (Å²) in [6.45, 7) is 6.19. The van der Waals surface area contributed by atoms with Crippen molar-refractivity contribution in [2.75, 3.05) is 13.1 Å². The highest BCUT2D eigenvalue weighted by atomic mass is 32.1. The molecule has 1 amide bonds. The molecule has 0 radical (unpaired) electrons. The first-order valence-corrected chi connectivity index (χ1v) is 7.87. The summed E-state index contributed by atoms with van der Waals surface area (Å²) in [5, 5.41) is 1.19. The Labute approximate surface area is 117 Å². The zero-order valence-corrected chi connectivity index (χ0v) is 12.4. The lowest BCUT2D eigenvalue weighted by Crippen LogP contribution is -2.35. The van der Waals surface area contributed by atoms with Gasteiger partial charge in [-0.2, -0.15) is 0 Å². The third-order valence-corrected chi connectivity index (χ3v) is 4.87. The van der Waals surface area contributed by atoms with E-state index in [0.717, 1.165) is 30.8 Å². The number of fused-ring (bicyclic) bond motifs is 1. The van der Waals surface area contributed by atoms with Crippen LogP contribution in [0.3, 0.4) is 0 Å². The minimum Gasteiger partial charge on any atom is -0.350 e. The first kappa shape index (κ1) is 12.7. The SMILES string of the molecule is CC(C)n1cc2cc(C(=O)N3CCCCC3)sc2c1. The number of amides is 1. The Morgan fingerprint density at radius 3 is 2.58 bits per heavy atom. The number of thiophene rings is 1. The highest BCUT2D eigenvalue weighted by Gasteiger charge is 2.20. The number of hydrogen-bond acceptors (Lipinski definition) is 2. The molecule has 3 nitrogen and oxygen atoms in total. The van der Waals surface area contributed by atoms with Gasteiger partial charge in [0.2, 0.25) is 0 Å². The van der Waals surface area contributed by atoms with E-state index in [1.54, 1.807) is 11.3 Å². The molecular weight excluding hydrogens is 256 g/mol. The molecule has 0 N–H and O–H groups in total. The monoisotopic (exact) mass is 276 g/mol. The van der Waals surface area contributed by atoms with E-state index in [9.17, 15) is 4.79 Å². The number of carbonyl (C=O) groups excluding carboxylic acids is 1. The normalized spacial score (nSPS) is 16.5. The van der Waals surface area contributed by atoms with Crippen LogP contribution in [0.5, 0.6) is 0 Å². The molecule has 0 saturated carbocycles. The van der Waals surface area contributed by atoms with Crippen molar-refractivity contribution in [3.8, 4) is 0 Å². The maximum absolute atomic E-state index is 12.4. The lowest BCUT2D eigenvalue weighted by atomic mass is 10.1. The quantitative estimate of drug-likeness (QED) is 0.816. The Morgan fingerprint density at radius 1 is 1.21 bits per heavy atom. The average molecular weight is 276 g/mol. The van der Waals surface area contributed by atoms with Gasteiger partial charge in [-0.1, -0.05) is 0 Å². The fourth-order valence-corrected chi connectivity index (χ4v) is 3.65. The summed E-state index contributed by atoms with van der Waals surface area (Å²) in [6.07, 6.45) is 7.85. The lowest BCUT2D eigenvalue weighted by Gasteiger charge is -2.26. The minimum atomic E-state index is 0.219. The van der Waals surface area contributed by atoms with E-state index in [0.29, 0.717) is 6.04 Å². The Morgan fingerprint density at radius 2 is 1.95 bits per heavy atom. The molecule has 1 aliphatic heterocycles. The van der Waals surface area contributed by atoms with Crippen LogP contribution in [-0.4, -0.2) is 28.5 Å². The van der Waals surface area contributed by atoms with Gasteiger partial charge >= 0.3 is 0 Å². The first-order valence-electron chi connectivity index (χ1n) is 7.05. The Kier molecular flexibility index (Phi) is 3.35. The van der Waals surface area contributed by atoms with Gasteiger partial charge in [-0.3, -0.25) is 4.79 Å². The molecule has 0 atom stereocenters. The molecule has 0 spiro atoms. The van der Waals surface area contributed by atoms with Crippen molar-refractivity contribution in [1.29, 1.82) is 0 Å². The highest BCUT2D eigenvalue weighted by Crippen LogP contribution is 2.29. The fourth-order valence-electron chi connectivity index (χ4n) is 2.61. The van der Waals surface area contributed by atoms with Crippen LogP contribution in [0.4, 0.5) is 0 Å². The van der Waals surface area contributed by atoms with Crippen molar-refractivity contribution in [2.24, 2.45) is 0 Å². The van der Waals surface area contributed by atoms with Crippen LogP contribution >= 0.6 is 11.3 Å². The van der Waals surface area contributed by atoms with Gasteiger partial charge in [-0.25, -0.2) is 0 Å². The van der Waals surface area contributed by atoms with Crippen molar-refractivity contribution in [2.45, 2.75) is 39.2 Å². The predicted octanol–water partition coefficient (Wildman–Crippen LogP) is 3.91. The van der Waals surface area contributed by atoms with Crippen LogP contribution in [0.1, 0.15) is 48.8 Å². The molecule has 2 aromatic rings. The zero-order chi connectivity index (χ0) is 13.4. The van der Waals surface area contributed by atoms with E-state index in [1.165, 1.54) is 16.5 Å². The van der Waals surface area contributed by atoms with E-state index >= 15 is 0 Å². The van der Waals surface area contributed by atoms with Crippen molar-refractivity contribution in [3.05, 3.63) is 23.3 Å². The largest absolute Gasteiger partial charge is 0.350 e. The van der Waals surface area contributed by atoms with Crippen LogP contribution in [0.25, 0.3) is 10.1 Å². The third kappa shape index (κ3) is 2.41. The average Bonchev–Trinajstić information content (AvgIpc) is 2.97. The number of hydrogen-bond donors (Lipinski definition) is 0. The molecule has 0 aliphatic carbocycles. The first-order chi connectivity index (χ1) is 9.15. The van der Waals surface area contributed by atoms with Crippen molar-refractivity contribution >= 4 is 27.3 Å². The summed E-state index contributed by atoms with van der Waals surface area (Å²) >= 11 is 1.63. The fraction of sp³-hybridized carbons (Fsp3) is 0.533. The molecule has 1 aliphatic rings. The third-order valence-electron chi connectivity index (χ3n) is 3.80. The molecule has 0 bridgehead atoms. The summed E-state index contributed by atoms with van der Waals surface area (Å²) in [7, 11) is 0. The van der Waals surface area contributed by atoms with Gasteiger partial charge in [0.1, 0.15) is 0 Å². The summed E-state index contributed by atoms with van der Waals surface area (Å²) < 4.78 is 3.42. The molecule has 19 heavy (non-hydrogen) atoms. The summed E-state index contributed by atoms with van der Waals surface area (Å²) in [6, 6.07) is 2.52. The number of piperidine rings is 1. The van der Waals surface area contributed by atoms with Gasteiger partial charge in [-0.05, 0) is 39.2 Å². The molecule has 0 unspecified atom stereocenters. The molecule has 3 heterocycles. The van der Waals surface area contributed by atoms with Crippen LogP contribution in [0.2, 0.25) is 0 Å². The summed E-state index contributed by atoms with van der Waals surface area (Å²) in [5.74, 6) is 0.219. The Balaban J connectivity index is 1.84. The molecule has 102 valence electrons. The maximum Gasteiger partial charge on any atom is 0.263 e. The molecular formula is C15H20N2OS. The van der Waals surface area contributed by atoms with E-state index in [4.69, 9.17) is 0 Å². The van der Waals surface area contributed by atoms with E-state index in [1.807, 2.05) is 4.90 Å². The minimum absolute atomic E-state index is 0.219. The van der Waals surface area contributed by atoms with Gasteiger partial charge < -0.3 is 9.47 Å². The van der Waals surface area contributed by atoms with E-state index in [2.05, 4.69) is 36.9 Å². The van der Waals surface area contributed by atoms with Gasteiger partial charge in [0.15, 0.2) is 0 Å². The maximum atomic E-state index is 12.4. The lowest BCUT2D eigenvalue weighted by molar-refractivity contribution is 0.0729. The van der Waals surface area contributed by atoms with Crippen molar-refractivity contribution < 1.29 is 4.79 Å². The van der Waals surface area contributed by atoms with Gasteiger partial charge in [-0.15, -0.1) is 11.3 Å². The number of rotatable bonds is 2. The second kappa shape index (κ2) is 5.00. The van der Waals surface area contributed by atoms with Gasteiger partial charge in [0.25, 0.3) is 5.91 Å². The van der Waals surface area contributed by atoms with Crippen LogP contribution in [-0.2, 0) is 0 Å². The molecule has 1 fully saturated rings. The zero-order valence-electron chi connectivity index (χ0n) is 11.6. The summed E-state index contributed by atoms with van der Waals surface area (Å²) in [4.78, 5) is 15.3. The predicted molar refractivity (Wildman–Crippen MR) is 80.0 cm³/mol. The van der Waals surface area contributed by atoms with Crippen LogP contribution in [0, 0.1) is 0 Å². The molecule has 1 saturated heterocycles. The molecule has 0 aromatic carbocycles. The smallest absolute Gasteiger partial charge is 0.263 e. The molecule has 3 rings (SSSR count). The standard InChI is InChI=1S/C15H20N2OS/c1-11(2)17-9-12-8-13(19-14(12)10-17)15(18)16-6-4-3-5-7-16/h8-11H,3-7H2,1-2H3. The molecule has 2 aromatic heterocycles. The van der Waals surface area contributed by atoms with Crippen molar-refractivity contribution in [1.82, 2.24) is 9.47 Å². The van der Waals surface area contributed by atoms with Crippen molar-refractivity contribution in [3.63, 3.8) is 0 Å².